The zero-order chi connectivity index (χ0) is 15.1. The molecule has 1 heterocycles. The molecular formula is C16H20ClN3O. The molecule has 0 amide bonds. The van der Waals surface area contributed by atoms with E-state index in [2.05, 4.69) is 22.2 Å². The van der Waals surface area contributed by atoms with E-state index in [0.717, 1.165) is 41.4 Å². The Balaban J connectivity index is 1.92. The summed E-state index contributed by atoms with van der Waals surface area (Å²) >= 11 is 5.85. The number of benzene rings is 1. The van der Waals surface area contributed by atoms with Crippen LogP contribution in [0, 0.1) is 6.92 Å². The fraction of sp³-hybridized carbons (Fsp3) is 0.375. The van der Waals surface area contributed by atoms with E-state index in [0.29, 0.717) is 12.6 Å². The Bertz CT molecular complexity index is 572. The molecule has 4 nitrogen and oxygen atoms in total. The summed E-state index contributed by atoms with van der Waals surface area (Å²) in [5.41, 5.74) is 3.08. The molecule has 21 heavy (non-hydrogen) atoms. The van der Waals surface area contributed by atoms with Crippen LogP contribution >= 0.6 is 11.6 Å². The Morgan fingerprint density at radius 1 is 1.24 bits per heavy atom. The Kier molecular flexibility index (Phi) is 5.96. The highest BCUT2D eigenvalue weighted by Crippen LogP contribution is 2.13. The first-order chi connectivity index (χ1) is 10.2. The fourth-order valence-corrected chi connectivity index (χ4v) is 1.97. The van der Waals surface area contributed by atoms with Crippen molar-refractivity contribution in [3.05, 3.63) is 52.3 Å². The Hall–Kier alpha value is -1.65. The van der Waals surface area contributed by atoms with Gasteiger partial charge in [-0.05, 0) is 37.6 Å². The minimum atomic E-state index is 0.404. The first-order valence-corrected chi connectivity index (χ1v) is 7.47. The quantitative estimate of drug-likeness (QED) is 0.795. The predicted molar refractivity (Wildman–Crippen MR) is 84.6 cm³/mol. The maximum Gasteiger partial charge on any atom is 0.316 e. The molecule has 0 fully saturated rings. The first kappa shape index (κ1) is 15.7. The molecule has 0 atom stereocenters. The highest BCUT2D eigenvalue weighted by molar-refractivity contribution is 6.30. The van der Waals surface area contributed by atoms with Crippen LogP contribution in [0.25, 0.3) is 0 Å². The molecule has 0 radical (unpaired) electrons. The molecule has 112 valence electrons. The number of hydrogen-bond donors (Lipinski definition) is 1. The van der Waals surface area contributed by atoms with Gasteiger partial charge < -0.3 is 10.1 Å². The standard InChI is InChI=1S/C16H20ClN3O/c1-3-8-18-9-14-10-19-16(20-12(14)2)21-11-13-4-6-15(17)7-5-13/h4-7,10,18H,3,8-9,11H2,1-2H3. The molecular weight excluding hydrogens is 286 g/mol. The lowest BCUT2D eigenvalue weighted by molar-refractivity contribution is 0.279. The second-order valence-corrected chi connectivity index (χ2v) is 5.29. The average Bonchev–Trinajstić information content (AvgIpc) is 2.49. The lowest BCUT2D eigenvalue weighted by atomic mass is 10.2. The zero-order valence-electron chi connectivity index (χ0n) is 12.4. The number of nitrogens with one attached hydrogen (secondary N) is 1. The van der Waals surface area contributed by atoms with Crippen LogP contribution in [0.5, 0.6) is 6.01 Å². The van der Waals surface area contributed by atoms with Gasteiger partial charge in [0.05, 0.1) is 0 Å². The molecule has 1 aromatic heterocycles. The maximum absolute atomic E-state index is 5.85. The van der Waals surface area contributed by atoms with E-state index in [-0.39, 0.29) is 0 Å². The average molecular weight is 306 g/mol. The van der Waals surface area contributed by atoms with Gasteiger partial charge in [0.2, 0.25) is 0 Å². The van der Waals surface area contributed by atoms with Gasteiger partial charge >= 0.3 is 6.01 Å². The zero-order valence-corrected chi connectivity index (χ0v) is 13.2. The van der Waals surface area contributed by atoms with Crippen molar-refractivity contribution in [3.63, 3.8) is 0 Å². The van der Waals surface area contributed by atoms with Gasteiger partial charge in [-0.1, -0.05) is 30.7 Å². The van der Waals surface area contributed by atoms with Crippen LogP contribution in [0.3, 0.4) is 0 Å². The molecule has 0 aliphatic rings. The third-order valence-electron chi connectivity index (χ3n) is 3.08. The summed E-state index contributed by atoms with van der Waals surface area (Å²) in [6.45, 7) is 6.33. The molecule has 0 saturated carbocycles. The van der Waals surface area contributed by atoms with Crippen LogP contribution in [0.2, 0.25) is 5.02 Å². The summed E-state index contributed by atoms with van der Waals surface area (Å²) in [4.78, 5) is 8.64. The minimum Gasteiger partial charge on any atom is -0.459 e. The lowest BCUT2D eigenvalue weighted by Gasteiger charge is -2.09. The van der Waals surface area contributed by atoms with Crippen molar-refractivity contribution in [1.82, 2.24) is 15.3 Å². The van der Waals surface area contributed by atoms with Gasteiger partial charge in [0.25, 0.3) is 0 Å². The topological polar surface area (TPSA) is 47.0 Å². The Morgan fingerprint density at radius 3 is 2.67 bits per heavy atom. The summed E-state index contributed by atoms with van der Waals surface area (Å²) < 4.78 is 5.61. The van der Waals surface area contributed by atoms with E-state index >= 15 is 0 Å². The van der Waals surface area contributed by atoms with Crippen LogP contribution < -0.4 is 10.1 Å². The largest absolute Gasteiger partial charge is 0.459 e. The van der Waals surface area contributed by atoms with Crippen LogP contribution in [0.15, 0.2) is 30.5 Å². The molecule has 2 aromatic rings. The number of halogens is 1. The van der Waals surface area contributed by atoms with Crippen molar-refractivity contribution >= 4 is 11.6 Å². The minimum absolute atomic E-state index is 0.404. The summed E-state index contributed by atoms with van der Waals surface area (Å²) in [6.07, 6.45) is 2.93. The highest BCUT2D eigenvalue weighted by Gasteiger charge is 2.04. The SMILES string of the molecule is CCCNCc1cnc(OCc2ccc(Cl)cc2)nc1C. The Morgan fingerprint density at radius 2 is 2.00 bits per heavy atom. The smallest absolute Gasteiger partial charge is 0.316 e. The lowest BCUT2D eigenvalue weighted by Crippen LogP contribution is -2.15. The van der Waals surface area contributed by atoms with Crippen molar-refractivity contribution in [2.24, 2.45) is 0 Å². The van der Waals surface area contributed by atoms with E-state index < -0.39 is 0 Å². The van der Waals surface area contributed by atoms with Crippen LogP contribution in [0.1, 0.15) is 30.2 Å². The molecule has 1 aromatic carbocycles. The summed E-state index contributed by atoms with van der Waals surface area (Å²) in [6, 6.07) is 7.95. The van der Waals surface area contributed by atoms with E-state index in [1.54, 1.807) is 0 Å². The third kappa shape index (κ3) is 4.99. The second kappa shape index (κ2) is 7.96. The maximum atomic E-state index is 5.85. The first-order valence-electron chi connectivity index (χ1n) is 7.09. The van der Waals surface area contributed by atoms with Crippen LogP contribution in [-0.4, -0.2) is 16.5 Å². The van der Waals surface area contributed by atoms with E-state index in [1.165, 1.54) is 0 Å². The summed E-state index contributed by atoms with van der Waals surface area (Å²) in [7, 11) is 0. The molecule has 1 N–H and O–H groups in total. The monoisotopic (exact) mass is 305 g/mol. The summed E-state index contributed by atoms with van der Waals surface area (Å²) in [5.74, 6) is 0. The van der Waals surface area contributed by atoms with Crippen molar-refractivity contribution in [2.75, 3.05) is 6.54 Å². The van der Waals surface area contributed by atoms with Crippen LogP contribution in [-0.2, 0) is 13.2 Å². The van der Waals surface area contributed by atoms with Gasteiger partial charge in [0.1, 0.15) is 6.61 Å². The number of aryl methyl sites for hydroxylation is 1. The number of rotatable bonds is 7. The van der Waals surface area contributed by atoms with E-state index in [4.69, 9.17) is 16.3 Å². The third-order valence-corrected chi connectivity index (χ3v) is 3.33. The van der Waals surface area contributed by atoms with Gasteiger partial charge in [-0.15, -0.1) is 0 Å². The van der Waals surface area contributed by atoms with Crippen molar-refractivity contribution < 1.29 is 4.74 Å². The van der Waals surface area contributed by atoms with Gasteiger partial charge in [-0.25, -0.2) is 9.97 Å². The van der Waals surface area contributed by atoms with Crippen LogP contribution in [0.4, 0.5) is 0 Å². The number of nitrogens with zero attached hydrogens (tertiary/aromatic N) is 2. The second-order valence-electron chi connectivity index (χ2n) is 4.86. The van der Waals surface area contributed by atoms with Gasteiger partial charge in [0, 0.05) is 29.0 Å². The molecule has 0 bridgehead atoms. The Labute approximate surface area is 130 Å². The molecule has 0 aliphatic carbocycles. The van der Waals surface area contributed by atoms with Crippen molar-refractivity contribution in [1.29, 1.82) is 0 Å². The van der Waals surface area contributed by atoms with E-state index in [1.807, 2.05) is 37.4 Å². The van der Waals surface area contributed by atoms with Gasteiger partial charge in [-0.3, -0.25) is 0 Å². The van der Waals surface area contributed by atoms with Crippen molar-refractivity contribution in [2.45, 2.75) is 33.4 Å². The summed E-state index contributed by atoms with van der Waals surface area (Å²) in [5, 5.41) is 4.06. The predicted octanol–water partition coefficient (Wildman–Crippen LogP) is 3.52. The molecule has 0 unspecified atom stereocenters. The molecule has 2 rings (SSSR count). The molecule has 5 heteroatoms. The normalized spacial score (nSPS) is 10.6. The molecule has 0 saturated heterocycles. The fourth-order valence-electron chi connectivity index (χ4n) is 1.84. The number of aromatic nitrogens is 2. The molecule has 0 aliphatic heterocycles. The van der Waals surface area contributed by atoms with Gasteiger partial charge in [0.15, 0.2) is 0 Å². The number of hydrogen-bond acceptors (Lipinski definition) is 4. The number of ether oxygens (including phenoxy) is 1. The van der Waals surface area contributed by atoms with Gasteiger partial charge in [-0.2, -0.15) is 0 Å². The van der Waals surface area contributed by atoms with Crippen molar-refractivity contribution in [3.8, 4) is 6.01 Å². The van der Waals surface area contributed by atoms with E-state index in [9.17, 15) is 0 Å². The molecule has 0 spiro atoms. The highest BCUT2D eigenvalue weighted by atomic mass is 35.5.